The Bertz CT molecular complexity index is 268. The van der Waals surface area contributed by atoms with Gasteiger partial charge in [0.2, 0.25) is 0 Å². The molecule has 1 unspecified atom stereocenters. The van der Waals surface area contributed by atoms with E-state index in [4.69, 9.17) is 5.26 Å². The van der Waals surface area contributed by atoms with Crippen molar-refractivity contribution < 1.29 is 4.55 Å². The van der Waals surface area contributed by atoms with E-state index in [0.717, 1.165) is 5.56 Å². The minimum atomic E-state index is -1.03. The average Bonchev–Trinajstić information content (AvgIpc) is 2.06. The van der Waals surface area contributed by atoms with E-state index >= 15 is 0 Å². The highest BCUT2D eigenvalue weighted by molar-refractivity contribution is 7.90. The van der Waals surface area contributed by atoms with Crippen LogP contribution in [0.5, 0.6) is 0 Å². The first-order chi connectivity index (χ1) is 5.83. The van der Waals surface area contributed by atoms with Crippen LogP contribution in [0.15, 0.2) is 30.3 Å². The van der Waals surface area contributed by atoms with Crippen molar-refractivity contribution in [2.24, 2.45) is 0 Å². The molecular formula is C9H9NOS. The fourth-order valence-electron chi connectivity index (χ4n) is 0.883. The van der Waals surface area contributed by atoms with Gasteiger partial charge in [-0.3, -0.25) is 0 Å². The summed E-state index contributed by atoms with van der Waals surface area (Å²) >= 11 is -1.03. The molecule has 62 valence electrons. The third kappa shape index (κ3) is 2.95. The first kappa shape index (κ1) is 9.11. The summed E-state index contributed by atoms with van der Waals surface area (Å²) in [4.78, 5) is 0. The maximum atomic E-state index is 11.1. The normalized spacial score (nSPS) is 12.0. The predicted molar refractivity (Wildman–Crippen MR) is 48.8 cm³/mol. The summed E-state index contributed by atoms with van der Waals surface area (Å²) in [5, 5.41) is 8.27. The van der Waals surface area contributed by atoms with Gasteiger partial charge < -0.3 is 4.55 Å². The molecule has 0 saturated carbocycles. The molecule has 0 spiro atoms. The maximum Gasteiger partial charge on any atom is 0.191 e. The van der Waals surface area contributed by atoms with Crippen molar-refractivity contribution >= 4 is 11.2 Å². The molecule has 1 rings (SSSR count). The Morgan fingerprint density at radius 1 is 1.33 bits per heavy atom. The number of rotatable bonds is 3. The van der Waals surface area contributed by atoms with Crippen LogP contribution < -0.4 is 0 Å². The second-order valence-electron chi connectivity index (χ2n) is 2.37. The van der Waals surface area contributed by atoms with Crippen molar-refractivity contribution in [3.8, 4) is 6.07 Å². The fourth-order valence-corrected chi connectivity index (χ4v) is 1.69. The fraction of sp³-hybridized carbons (Fsp3) is 0.222. The minimum Gasteiger partial charge on any atom is -0.615 e. The van der Waals surface area contributed by atoms with Crippen molar-refractivity contribution in [3.05, 3.63) is 35.9 Å². The van der Waals surface area contributed by atoms with Crippen LogP contribution in [-0.2, 0) is 16.9 Å². The molecule has 0 fully saturated rings. The van der Waals surface area contributed by atoms with Gasteiger partial charge in [0.05, 0.1) is 0 Å². The van der Waals surface area contributed by atoms with Crippen LogP contribution in [0, 0.1) is 11.3 Å². The standard InChI is InChI=1S/C9H9NOS/c10-6-7-12(11)8-9-4-2-1-3-5-9/h1-5H,7-8H2. The summed E-state index contributed by atoms with van der Waals surface area (Å²) in [6.45, 7) is 0. The Hall–Kier alpha value is -0.980. The van der Waals surface area contributed by atoms with E-state index < -0.39 is 11.2 Å². The van der Waals surface area contributed by atoms with E-state index in [1.54, 1.807) is 0 Å². The zero-order valence-electron chi connectivity index (χ0n) is 6.56. The minimum absolute atomic E-state index is 0.120. The Labute approximate surface area is 75.0 Å². The Morgan fingerprint density at radius 3 is 2.58 bits per heavy atom. The first-order valence-corrected chi connectivity index (χ1v) is 5.07. The van der Waals surface area contributed by atoms with Crippen LogP contribution >= 0.6 is 0 Å². The highest BCUT2D eigenvalue weighted by Crippen LogP contribution is 2.05. The monoisotopic (exact) mass is 179 g/mol. The van der Waals surface area contributed by atoms with E-state index in [9.17, 15) is 4.55 Å². The molecule has 0 N–H and O–H groups in total. The summed E-state index contributed by atoms with van der Waals surface area (Å²) < 4.78 is 11.1. The molecule has 0 amide bonds. The molecule has 3 heteroatoms. The molecule has 0 radical (unpaired) electrons. The van der Waals surface area contributed by atoms with Gasteiger partial charge in [0.1, 0.15) is 11.8 Å². The van der Waals surface area contributed by atoms with E-state index in [1.165, 1.54) is 0 Å². The van der Waals surface area contributed by atoms with Crippen molar-refractivity contribution in [1.82, 2.24) is 0 Å². The van der Waals surface area contributed by atoms with Gasteiger partial charge in [-0.2, -0.15) is 5.26 Å². The number of nitriles is 1. The zero-order valence-corrected chi connectivity index (χ0v) is 7.38. The van der Waals surface area contributed by atoms with Crippen LogP contribution in [0.2, 0.25) is 0 Å². The lowest BCUT2D eigenvalue weighted by Gasteiger charge is -2.05. The summed E-state index contributed by atoms with van der Waals surface area (Å²) in [7, 11) is 0. The van der Waals surface area contributed by atoms with Gasteiger partial charge in [-0.25, -0.2) is 0 Å². The second kappa shape index (κ2) is 4.81. The third-order valence-electron chi connectivity index (χ3n) is 1.40. The summed E-state index contributed by atoms with van der Waals surface area (Å²) in [6.07, 6.45) is 0. The smallest absolute Gasteiger partial charge is 0.191 e. The van der Waals surface area contributed by atoms with Crippen LogP contribution in [0.25, 0.3) is 0 Å². The van der Waals surface area contributed by atoms with Gasteiger partial charge in [-0.05, 0) is 11.2 Å². The number of nitrogens with zero attached hydrogens (tertiary/aromatic N) is 1. The van der Waals surface area contributed by atoms with Crippen LogP contribution in [0.4, 0.5) is 0 Å². The molecule has 0 saturated heterocycles. The summed E-state index contributed by atoms with van der Waals surface area (Å²) in [5.41, 5.74) is 1.02. The van der Waals surface area contributed by atoms with E-state index in [0.29, 0.717) is 5.75 Å². The third-order valence-corrected chi connectivity index (χ3v) is 2.50. The molecule has 0 bridgehead atoms. The molecule has 2 nitrogen and oxygen atoms in total. The topological polar surface area (TPSA) is 46.8 Å². The maximum absolute atomic E-state index is 11.1. The lowest BCUT2D eigenvalue weighted by atomic mass is 10.2. The van der Waals surface area contributed by atoms with Gasteiger partial charge >= 0.3 is 0 Å². The predicted octanol–water partition coefficient (Wildman–Crippen LogP) is 1.46. The lowest BCUT2D eigenvalue weighted by Crippen LogP contribution is -2.07. The van der Waals surface area contributed by atoms with E-state index in [-0.39, 0.29) is 5.75 Å². The van der Waals surface area contributed by atoms with Gasteiger partial charge in [-0.1, -0.05) is 30.3 Å². The van der Waals surface area contributed by atoms with Crippen LogP contribution in [0.3, 0.4) is 0 Å². The SMILES string of the molecule is N#CC[S+]([O-])Cc1ccccc1. The molecule has 0 aliphatic heterocycles. The Morgan fingerprint density at radius 2 is 2.00 bits per heavy atom. The van der Waals surface area contributed by atoms with Crippen molar-refractivity contribution in [2.45, 2.75) is 5.75 Å². The van der Waals surface area contributed by atoms with Gasteiger partial charge in [0, 0.05) is 5.56 Å². The molecule has 0 heterocycles. The molecule has 1 aromatic carbocycles. The van der Waals surface area contributed by atoms with Crippen molar-refractivity contribution in [2.75, 3.05) is 5.75 Å². The van der Waals surface area contributed by atoms with Crippen LogP contribution in [-0.4, -0.2) is 10.3 Å². The lowest BCUT2D eigenvalue weighted by molar-refractivity contribution is 0.597. The quantitative estimate of drug-likeness (QED) is 0.659. The Kier molecular flexibility index (Phi) is 3.65. The average molecular weight is 179 g/mol. The van der Waals surface area contributed by atoms with E-state index in [2.05, 4.69) is 0 Å². The molecule has 0 aliphatic carbocycles. The number of hydrogen-bond donors (Lipinski definition) is 0. The van der Waals surface area contributed by atoms with E-state index in [1.807, 2.05) is 36.4 Å². The van der Waals surface area contributed by atoms with Crippen molar-refractivity contribution in [1.29, 1.82) is 5.26 Å². The molecular weight excluding hydrogens is 170 g/mol. The van der Waals surface area contributed by atoms with Crippen LogP contribution in [0.1, 0.15) is 5.56 Å². The molecule has 1 atom stereocenters. The van der Waals surface area contributed by atoms with Crippen molar-refractivity contribution in [3.63, 3.8) is 0 Å². The summed E-state index contributed by atoms with van der Waals surface area (Å²) in [5.74, 6) is 0.600. The van der Waals surface area contributed by atoms with Gasteiger partial charge in [-0.15, -0.1) is 0 Å². The van der Waals surface area contributed by atoms with Gasteiger partial charge in [0.25, 0.3) is 0 Å². The highest BCUT2D eigenvalue weighted by Gasteiger charge is 2.04. The molecule has 1 aromatic rings. The molecule has 0 aliphatic rings. The Balaban J connectivity index is 2.48. The zero-order chi connectivity index (χ0) is 8.81. The first-order valence-electron chi connectivity index (χ1n) is 3.59. The summed E-state index contributed by atoms with van der Waals surface area (Å²) in [6, 6.07) is 11.4. The molecule has 0 aromatic heterocycles. The largest absolute Gasteiger partial charge is 0.615 e. The van der Waals surface area contributed by atoms with Gasteiger partial charge in [0.15, 0.2) is 5.75 Å². The molecule has 12 heavy (non-hydrogen) atoms. The number of hydrogen-bond acceptors (Lipinski definition) is 2. The highest BCUT2D eigenvalue weighted by atomic mass is 32.2. The second-order valence-corrected chi connectivity index (χ2v) is 3.83. The number of benzene rings is 1.